The monoisotopic (exact) mass is 322 g/mol. The predicted molar refractivity (Wildman–Crippen MR) is 85.0 cm³/mol. The van der Waals surface area contributed by atoms with Crippen molar-refractivity contribution in [2.75, 3.05) is 52.6 Å². The fraction of sp³-hybridized carbons (Fsp3) is 0.750. The molecule has 128 valence electrons. The van der Waals surface area contributed by atoms with Crippen molar-refractivity contribution in [3.05, 3.63) is 18.5 Å². The molecule has 0 bridgehead atoms. The zero-order valence-electron chi connectivity index (χ0n) is 13.6. The van der Waals surface area contributed by atoms with E-state index in [1.165, 1.54) is 0 Å². The second kappa shape index (κ2) is 8.42. The Hall–Kier alpha value is -1.44. The molecule has 0 spiro atoms. The summed E-state index contributed by atoms with van der Waals surface area (Å²) in [5, 5.41) is 4.15. The van der Waals surface area contributed by atoms with E-state index in [-0.39, 0.29) is 11.9 Å². The molecule has 2 aliphatic heterocycles. The van der Waals surface area contributed by atoms with Gasteiger partial charge < -0.3 is 14.4 Å². The lowest BCUT2D eigenvalue weighted by Crippen LogP contribution is -2.49. The number of carbonyl (C=O) groups excluding carboxylic acids is 1. The van der Waals surface area contributed by atoms with Crippen molar-refractivity contribution in [3.63, 3.8) is 0 Å². The van der Waals surface area contributed by atoms with Gasteiger partial charge in [-0.05, 0) is 18.9 Å². The summed E-state index contributed by atoms with van der Waals surface area (Å²) in [4.78, 5) is 17.2. The number of morpholine rings is 1. The molecule has 1 amide bonds. The van der Waals surface area contributed by atoms with Crippen molar-refractivity contribution >= 4 is 5.91 Å². The molecule has 3 rings (SSSR count). The second-order valence-electron chi connectivity index (χ2n) is 6.09. The van der Waals surface area contributed by atoms with Gasteiger partial charge >= 0.3 is 0 Å². The van der Waals surface area contributed by atoms with E-state index >= 15 is 0 Å². The third-order valence-corrected chi connectivity index (χ3v) is 4.57. The summed E-state index contributed by atoms with van der Waals surface area (Å²) in [6.07, 6.45) is 5.39. The highest BCUT2D eigenvalue weighted by Gasteiger charge is 2.26. The van der Waals surface area contributed by atoms with Crippen molar-refractivity contribution in [1.29, 1.82) is 0 Å². The van der Waals surface area contributed by atoms with Crippen molar-refractivity contribution in [2.45, 2.75) is 25.4 Å². The van der Waals surface area contributed by atoms with Crippen LogP contribution >= 0.6 is 0 Å². The van der Waals surface area contributed by atoms with Gasteiger partial charge in [-0.15, -0.1) is 0 Å². The number of hydrogen-bond acceptors (Lipinski definition) is 5. The van der Waals surface area contributed by atoms with Gasteiger partial charge in [0.05, 0.1) is 13.2 Å². The van der Waals surface area contributed by atoms with Gasteiger partial charge in [0.2, 0.25) is 5.91 Å². The highest BCUT2D eigenvalue weighted by atomic mass is 16.5. The smallest absolute Gasteiger partial charge is 0.244 e. The van der Waals surface area contributed by atoms with E-state index in [1.54, 1.807) is 10.9 Å². The van der Waals surface area contributed by atoms with E-state index < -0.39 is 0 Å². The van der Waals surface area contributed by atoms with E-state index in [4.69, 9.17) is 9.47 Å². The molecule has 0 N–H and O–H groups in total. The molecule has 0 saturated carbocycles. The summed E-state index contributed by atoms with van der Waals surface area (Å²) in [5.41, 5.74) is 0. The van der Waals surface area contributed by atoms with E-state index in [2.05, 4.69) is 10.00 Å². The molecule has 0 aromatic carbocycles. The molecule has 7 nitrogen and oxygen atoms in total. The van der Waals surface area contributed by atoms with Gasteiger partial charge in [-0.2, -0.15) is 5.10 Å². The van der Waals surface area contributed by atoms with Crippen LogP contribution in [0.15, 0.2) is 18.5 Å². The summed E-state index contributed by atoms with van der Waals surface area (Å²) in [5.74, 6) is 0.147. The van der Waals surface area contributed by atoms with Crippen LogP contribution in [0.2, 0.25) is 0 Å². The topological polar surface area (TPSA) is 59.8 Å². The minimum atomic E-state index is 0.147. The van der Waals surface area contributed by atoms with Crippen molar-refractivity contribution in [3.8, 4) is 0 Å². The molecule has 0 unspecified atom stereocenters. The Bertz CT molecular complexity index is 468. The quantitative estimate of drug-likeness (QED) is 0.750. The normalized spacial score (nSPS) is 20.5. The standard InChI is InChI=1S/C16H26N4O3/c21-16(14-19-5-1-4-17-19)20(15-2-10-22-11-3-15)7-6-18-8-12-23-13-9-18/h1,4-5,15H,2-3,6-14H2. The van der Waals surface area contributed by atoms with Gasteiger partial charge in [-0.3, -0.25) is 14.4 Å². The number of amides is 1. The third-order valence-electron chi connectivity index (χ3n) is 4.57. The predicted octanol–water partition coefficient (Wildman–Crippen LogP) is 0.223. The largest absolute Gasteiger partial charge is 0.381 e. The van der Waals surface area contributed by atoms with Crippen LogP contribution in [-0.4, -0.2) is 84.1 Å². The van der Waals surface area contributed by atoms with E-state index in [0.717, 1.165) is 65.4 Å². The fourth-order valence-electron chi connectivity index (χ4n) is 3.21. The minimum absolute atomic E-state index is 0.147. The molecule has 2 fully saturated rings. The first-order chi connectivity index (χ1) is 11.3. The Morgan fingerprint density at radius 3 is 2.61 bits per heavy atom. The maximum Gasteiger partial charge on any atom is 0.244 e. The first kappa shape index (κ1) is 16.4. The van der Waals surface area contributed by atoms with Gasteiger partial charge in [0.25, 0.3) is 0 Å². The van der Waals surface area contributed by atoms with Crippen LogP contribution in [0.5, 0.6) is 0 Å². The molecule has 3 heterocycles. The summed E-state index contributed by atoms with van der Waals surface area (Å²) >= 11 is 0. The first-order valence-electron chi connectivity index (χ1n) is 8.47. The zero-order valence-corrected chi connectivity index (χ0v) is 13.6. The van der Waals surface area contributed by atoms with Crippen LogP contribution in [0.25, 0.3) is 0 Å². The highest BCUT2D eigenvalue weighted by Crippen LogP contribution is 2.15. The molecule has 7 heteroatoms. The van der Waals surface area contributed by atoms with E-state index in [0.29, 0.717) is 6.54 Å². The number of aromatic nitrogens is 2. The Labute approximate surface area is 137 Å². The highest BCUT2D eigenvalue weighted by molar-refractivity contribution is 5.76. The average Bonchev–Trinajstić information content (AvgIpc) is 3.10. The molecule has 0 radical (unpaired) electrons. The lowest BCUT2D eigenvalue weighted by molar-refractivity contribution is -0.136. The Morgan fingerprint density at radius 2 is 1.91 bits per heavy atom. The number of hydrogen-bond donors (Lipinski definition) is 0. The van der Waals surface area contributed by atoms with Gasteiger partial charge in [0.1, 0.15) is 6.54 Å². The Balaban J connectivity index is 1.58. The lowest BCUT2D eigenvalue weighted by atomic mass is 10.1. The van der Waals surface area contributed by atoms with Gasteiger partial charge in [0.15, 0.2) is 0 Å². The Morgan fingerprint density at radius 1 is 1.17 bits per heavy atom. The first-order valence-corrected chi connectivity index (χ1v) is 8.47. The summed E-state index contributed by atoms with van der Waals surface area (Å²) in [6.45, 7) is 6.96. The molecular weight excluding hydrogens is 296 g/mol. The van der Waals surface area contributed by atoms with E-state index in [9.17, 15) is 4.79 Å². The summed E-state index contributed by atoms with van der Waals surface area (Å²) in [7, 11) is 0. The maximum absolute atomic E-state index is 12.8. The van der Waals surface area contributed by atoms with Crippen molar-refractivity contribution in [2.24, 2.45) is 0 Å². The fourth-order valence-corrected chi connectivity index (χ4v) is 3.21. The molecule has 1 aromatic heterocycles. The molecule has 0 atom stereocenters. The second-order valence-corrected chi connectivity index (χ2v) is 6.09. The Kier molecular flexibility index (Phi) is 6.01. The van der Waals surface area contributed by atoms with Gasteiger partial charge in [0, 0.05) is 57.8 Å². The van der Waals surface area contributed by atoms with Crippen LogP contribution in [-0.2, 0) is 20.8 Å². The molecule has 1 aromatic rings. The van der Waals surface area contributed by atoms with Crippen LogP contribution in [0.1, 0.15) is 12.8 Å². The molecular formula is C16H26N4O3. The summed E-state index contributed by atoms with van der Waals surface area (Å²) < 4.78 is 12.5. The van der Waals surface area contributed by atoms with Crippen LogP contribution in [0.3, 0.4) is 0 Å². The molecule has 23 heavy (non-hydrogen) atoms. The van der Waals surface area contributed by atoms with Crippen molar-refractivity contribution < 1.29 is 14.3 Å². The number of nitrogens with zero attached hydrogens (tertiary/aromatic N) is 4. The lowest BCUT2D eigenvalue weighted by Gasteiger charge is -2.36. The van der Waals surface area contributed by atoms with Gasteiger partial charge in [-0.25, -0.2) is 0 Å². The van der Waals surface area contributed by atoms with Crippen LogP contribution < -0.4 is 0 Å². The molecule has 0 aliphatic carbocycles. The van der Waals surface area contributed by atoms with Crippen LogP contribution in [0, 0.1) is 0 Å². The SMILES string of the molecule is O=C(Cn1cccn1)N(CCN1CCOCC1)C1CCOCC1. The summed E-state index contributed by atoms with van der Waals surface area (Å²) in [6, 6.07) is 2.13. The number of rotatable bonds is 6. The van der Waals surface area contributed by atoms with Crippen molar-refractivity contribution in [1.82, 2.24) is 19.6 Å². The average molecular weight is 322 g/mol. The zero-order chi connectivity index (χ0) is 15.9. The molecule has 2 aliphatic rings. The molecule has 2 saturated heterocycles. The third kappa shape index (κ3) is 4.76. The number of carbonyl (C=O) groups is 1. The maximum atomic E-state index is 12.8. The van der Waals surface area contributed by atoms with E-state index in [1.807, 2.05) is 17.2 Å². The van der Waals surface area contributed by atoms with Crippen LogP contribution in [0.4, 0.5) is 0 Å². The van der Waals surface area contributed by atoms with Gasteiger partial charge in [-0.1, -0.05) is 0 Å². The minimum Gasteiger partial charge on any atom is -0.381 e. The number of ether oxygens (including phenoxy) is 2.